The molecule has 0 aromatic carbocycles. The Bertz CT molecular complexity index is 430. The number of carboxylic acid groups (broad SMARTS) is 1. The first kappa shape index (κ1) is 13.5. The highest BCUT2D eigenvalue weighted by atomic mass is 32.1. The van der Waals surface area contributed by atoms with Crippen LogP contribution in [0, 0.1) is 12.8 Å². The second-order valence-electron chi connectivity index (χ2n) is 4.83. The maximum absolute atomic E-state index is 10.9. The van der Waals surface area contributed by atoms with E-state index in [0.29, 0.717) is 16.8 Å². The zero-order valence-corrected chi connectivity index (χ0v) is 11.5. The number of nitrogens with one attached hydrogen (secondary N) is 1. The summed E-state index contributed by atoms with van der Waals surface area (Å²) in [5.74, 6) is -0.328. The summed E-state index contributed by atoms with van der Waals surface area (Å²) in [7, 11) is 0. The van der Waals surface area contributed by atoms with E-state index in [1.54, 1.807) is 6.07 Å². The molecule has 0 amide bonds. The molecule has 1 saturated heterocycles. The maximum Gasteiger partial charge on any atom is 0.345 e. The van der Waals surface area contributed by atoms with Gasteiger partial charge in [0.1, 0.15) is 4.88 Å². The van der Waals surface area contributed by atoms with E-state index in [0.717, 1.165) is 36.6 Å². The van der Waals surface area contributed by atoms with Crippen molar-refractivity contribution >= 4 is 17.3 Å². The summed E-state index contributed by atoms with van der Waals surface area (Å²) < 4.78 is 5.41. The SMILES string of the molecule is Cc1sc(C(=O)O)cc1CNC1CCOCC1C. The molecule has 1 aliphatic rings. The molecule has 0 bridgehead atoms. The molecule has 1 aromatic rings. The second kappa shape index (κ2) is 5.82. The van der Waals surface area contributed by atoms with Crippen LogP contribution in [0.3, 0.4) is 0 Å². The first-order valence-corrected chi connectivity index (χ1v) is 7.03. The van der Waals surface area contributed by atoms with Gasteiger partial charge in [-0.15, -0.1) is 11.3 Å². The molecule has 2 N–H and O–H groups in total. The van der Waals surface area contributed by atoms with Crippen LogP contribution in [0.25, 0.3) is 0 Å². The van der Waals surface area contributed by atoms with Gasteiger partial charge in [0.15, 0.2) is 0 Å². The summed E-state index contributed by atoms with van der Waals surface area (Å²) in [6.07, 6.45) is 1.02. The maximum atomic E-state index is 10.9. The van der Waals surface area contributed by atoms with Gasteiger partial charge < -0.3 is 15.2 Å². The zero-order valence-electron chi connectivity index (χ0n) is 10.7. The van der Waals surface area contributed by atoms with Crippen LogP contribution < -0.4 is 5.32 Å². The van der Waals surface area contributed by atoms with E-state index < -0.39 is 5.97 Å². The van der Waals surface area contributed by atoms with Gasteiger partial charge in [-0.05, 0) is 30.9 Å². The number of aromatic carboxylic acids is 1. The van der Waals surface area contributed by atoms with E-state index >= 15 is 0 Å². The highest BCUT2D eigenvalue weighted by Gasteiger charge is 2.21. The summed E-state index contributed by atoms with van der Waals surface area (Å²) in [5, 5.41) is 12.5. The van der Waals surface area contributed by atoms with Crippen LogP contribution in [0.4, 0.5) is 0 Å². The van der Waals surface area contributed by atoms with Gasteiger partial charge in [0.05, 0.1) is 6.61 Å². The predicted octanol–water partition coefficient (Wildman–Crippen LogP) is 2.27. The molecule has 0 aliphatic carbocycles. The molecule has 0 saturated carbocycles. The number of carbonyl (C=O) groups is 1. The van der Waals surface area contributed by atoms with Crippen LogP contribution in [0.2, 0.25) is 0 Å². The topological polar surface area (TPSA) is 58.6 Å². The van der Waals surface area contributed by atoms with Crippen LogP contribution in [0.1, 0.15) is 33.5 Å². The quantitative estimate of drug-likeness (QED) is 0.880. The largest absolute Gasteiger partial charge is 0.477 e. The fourth-order valence-corrected chi connectivity index (χ4v) is 3.11. The van der Waals surface area contributed by atoms with E-state index in [1.165, 1.54) is 11.3 Å². The van der Waals surface area contributed by atoms with E-state index in [4.69, 9.17) is 9.84 Å². The fraction of sp³-hybridized carbons (Fsp3) is 0.615. The van der Waals surface area contributed by atoms with Gasteiger partial charge in [-0.2, -0.15) is 0 Å². The van der Waals surface area contributed by atoms with Gasteiger partial charge >= 0.3 is 5.97 Å². The Morgan fingerprint density at radius 1 is 1.67 bits per heavy atom. The third-order valence-corrected chi connectivity index (χ3v) is 4.51. The average molecular weight is 269 g/mol. The third-order valence-electron chi connectivity index (χ3n) is 3.43. The monoisotopic (exact) mass is 269 g/mol. The van der Waals surface area contributed by atoms with Gasteiger partial charge in [0, 0.05) is 24.1 Å². The predicted molar refractivity (Wildman–Crippen MR) is 71.2 cm³/mol. The normalized spacial score (nSPS) is 24.1. The van der Waals surface area contributed by atoms with Gasteiger partial charge in [0.2, 0.25) is 0 Å². The highest BCUT2D eigenvalue weighted by Crippen LogP contribution is 2.22. The summed E-state index contributed by atoms with van der Waals surface area (Å²) in [6, 6.07) is 2.24. The van der Waals surface area contributed by atoms with Crippen molar-refractivity contribution in [2.45, 2.75) is 32.9 Å². The van der Waals surface area contributed by atoms with Crippen molar-refractivity contribution in [3.63, 3.8) is 0 Å². The minimum atomic E-state index is -0.839. The van der Waals surface area contributed by atoms with Crippen LogP contribution in [-0.4, -0.2) is 30.3 Å². The lowest BCUT2D eigenvalue weighted by Crippen LogP contribution is -2.41. The number of carboxylic acids is 1. The lowest BCUT2D eigenvalue weighted by atomic mass is 9.97. The van der Waals surface area contributed by atoms with Crippen molar-refractivity contribution in [3.05, 3.63) is 21.4 Å². The van der Waals surface area contributed by atoms with Gasteiger partial charge in [-0.1, -0.05) is 6.92 Å². The molecular formula is C13H19NO3S. The lowest BCUT2D eigenvalue weighted by Gasteiger charge is -2.29. The number of hydrogen-bond donors (Lipinski definition) is 2. The zero-order chi connectivity index (χ0) is 13.1. The van der Waals surface area contributed by atoms with Crippen molar-refractivity contribution in [2.75, 3.05) is 13.2 Å². The first-order valence-electron chi connectivity index (χ1n) is 6.21. The molecule has 2 unspecified atom stereocenters. The van der Waals surface area contributed by atoms with Crippen molar-refractivity contribution < 1.29 is 14.6 Å². The van der Waals surface area contributed by atoms with Crippen molar-refractivity contribution in [3.8, 4) is 0 Å². The van der Waals surface area contributed by atoms with Crippen LogP contribution in [-0.2, 0) is 11.3 Å². The Balaban J connectivity index is 1.95. The van der Waals surface area contributed by atoms with Crippen LogP contribution in [0.5, 0.6) is 0 Å². The molecule has 18 heavy (non-hydrogen) atoms. The number of aryl methyl sites for hydroxylation is 1. The first-order chi connectivity index (χ1) is 8.58. The third kappa shape index (κ3) is 3.10. The minimum Gasteiger partial charge on any atom is -0.477 e. The summed E-state index contributed by atoms with van der Waals surface area (Å²) in [4.78, 5) is 12.4. The standard InChI is InChI=1S/C13H19NO3S/c1-8-7-17-4-3-11(8)14-6-10-5-12(13(15)16)18-9(10)2/h5,8,11,14H,3-4,6-7H2,1-2H3,(H,15,16). The molecule has 1 aromatic heterocycles. The molecular weight excluding hydrogens is 250 g/mol. The minimum absolute atomic E-state index is 0.421. The highest BCUT2D eigenvalue weighted by molar-refractivity contribution is 7.14. The molecule has 2 heterocycles. The van der Waals surface area contributed by atoms with E-state index in [9.17, 15) is 4.79 Å². The molecule has 100 valence electrons. The Morgan fingerprint density at radius 2 is 2.44 bits per heavy atom. The number of ether oxygens (including phenoxy) is 1. The molecule has 4 nitrogen and oxygen atoms in total. The molecule has 0 spiro atoms. The van der Waals surface area contributed by atoms with Gasteiger partial charge in [-0.3, -0.25) is 0 Å². The Kier molecular flexibility index (Phi) is 4.37. The summed E-state index contributed by atoms with van der Waals surface area (Å²) in [6.45, 7) is 6.51. The number of thiophene rings is 1. The number of rotatable bonds is 4. The summed E-state index contributed by atoms with van der Waals surface area (Å²) >= 11 is 1.35. The average Bonchev–Trinajstić information content (AvgIpc) is 2.70. The molecule has 2 rings (SSSR count). The van der Waals surface area contributed by atoms with Crippen molar-refractivity contribution in [1.82, 2.24) is 5.32 Å². The molecule has 2 atom stereocenters. The Labute approximate surface area is 111 Å². The van der Waals surface area contributed by atoms with Gasteiger partial charge in [0.25, 0.3) is 0 Å². The van der Waals surface area contributed by atoms with E-state index in [2.05, 4.69) is 12.2 Å². The fourth-order valence-electron chi connectivity index (χ4n) is 2.23. The Hall–Kier alpha value is -0.910. The molecule has 1 fully saturated rings. The Morgan fingerprint density at radius 3 is 3.06 bits per heavy atom. The number of hydrogen-bond acceptors (Lipinski definition) is 4. The summed E-state index contributed by atoms with van der Waals surface area (Å²) in [5.41, 5.74) is 1.09. The smallest absolute Gasteiger partial charge is 0.345 e. The van der Waals surface area contributed by atoms with Crippen molar-refractivity contribution in [1.29, 1.82) is 0 Å². The van der Waals surface area contributed by atoms with Crippen molar-refractivity contribution in [2.24, 2.45) is 5.92 Å². The second-order valence-corrected chi connectivity index (χ2v) is 6.08. The van der Waals surface area contributed by atoms with Crippen LogP contribution in [0.15, 0.2) is 6.07 Å². The van der Waals surface area contributed by atoms with E-state index in [1.807, 2.05) is 6.92 Å². The van der Waals surface area contributed by atoms with E-state index in [-0.39, 0.29) is 0 Å². The van der Waals surface area contributed by atoms with Crippen LogP contribution >= 0.6 is 11.3 Å². The lowest BCUT2D eigenvalue weighted by molar-refractivity contribution is 0.0386. The molecule has 5 heteroatoms. The molecule has 1 aliphatic heterocycles. The molecule has 0 radical (unpaired) electrons. The van der Waals surface area contributed by atoms with Gasteiger partial charge in [-0.25, -0.2) is 4.79 Å².